The Labute approximate surface area is 121 Å². The molecule has 0 saturated heterocycles. The summed E-state index contributed by atoms with van der Waals surface area (Å²) in [6.07, 6.45) is -0.0440. The summed E-state index contributed by atoms with van der Waals surface area (Å²) in [6, 6.07) is -0.615. The summed E-state index contributed by atoms with van der Waals surface area (Å²) >= 11 is 7.67. The molecule has 0 aromatic carbocycles. The molecule has 0 fully saturated rings. The van der Waals surface area contributed by atoms with Gasteiger partial charge in [0, 0.05) is 17.9 Å². The molecule has 3 atom stereocenters. The third-order valence-electron chi connectivity index (χ3n) is 2.41. The molecule has 10 heteroatoms. The van der Waals surface area contributed by atoms with Gasteiger partial charge in [-0.25, -0.2) is 4.79 Å². The minimum absolute atomic E-state index is 0.0440. The van der Waals surface area contributed by atoms with Gasteiger partial charge in [0.15, 0.2) is 0 Å². The normalized spacial score (nSPS) is 19.6. The lowest BCUT2D eigenvalue weighted by Crippen LogP contribution is -2.52. The molecule has 0 aromatic heterocycles. The van der Waals surface area contributed by atoms with Crippen LogP contribution in [0.25, 0.3) is 0 Å². The van der Waals surface area contributed by atoms with E-state index in [1.165, 1.54) is 0 Å². The Morgan fingerprint density at radius 1 is 1.21 bits per heavy atom. The molecule has 110 valence electrons. The molecule has 0 aliphatic rings. The Balaban J connectivity index is 4.83. The van der Waals surface area contributed by atoms with Gasteiger partial charge in [-0.3, -0.25) is 10.5 Å². The molecule has 0 aromatic rings. The molecular formula is C9H18N4O4S2. The first kappa shape index (κ1) is 18.2. The fraction of sp³-hybridized carbons (Fsp3) is 0.778. The monoisotopic (exact) mass is 310 g/mol. The molecule has 0 radical (unpaired) electrons. The predicted octanol–water partition coefficient (Wildman–Crippen LogP) is -0.402. The van der Waals surface area contributed by atoms with E-state index in [9.17, 15) is 9.59 Å². The maximum atomic E-state index is 11.0. The van der Waals surface area contributed by atoms with Crippen molar-refractivity contribution in [3.8, 4) is 0 Å². The topological polar surface area (TPSA) is 151 Å². The second-order valence-electron chi connectivity index (χ2n) is 4.28. The van der Waals surface area contributed by atoms with Crippen LogP contribution < -0.4 is 11.5 Å². The molecule has 0 bridgehead atoms. The Bertz CT molecular complexity index is 381. The summed E-state index contributed by atoms with van der Waals surface area (Å²) in [6.45, 7) is 1.55. The fourth-order valence-electron chi connectivity index (χ4n) is 1.13. The van der Waals surface area contributed by atoms with Crippen LogP contribution in [0.15, 0.2) is 10.2 Å². The third kappa shape index (κ3) is 4.97. The van der Waals surface area contributed by atoms with E-state index in [0.717, 1.165) is 0 Å². The van der Waals surface area contributed by atoms with Gasteiger partial charge in [0.25, 0.3) is 0 Å². The molecule has 0 aliphatic heterocycles. The number of carboxylic acid groups (broad SMARTS) is 2. The van der Waals surface area contributed by atoms with Crippen LogP contribution in [-0.2, 0) is 9.59 Å². The summed E-state index contributed by atoms with van der Waals surface area (Å²) in [5.74, 6) is -2.90. The average molecular weight is 310 g/mol. The number of hydrogen-bond donors (Lipinski definition) is 6. The predicted molar refractivity (Wildman–Crippen MR) is 75.7 cm³/mol. The van der Waals surface area contributed by atoms with Gasteiger partial charge in [-0.05, 0) is 6.92 Å². The second-order valence-corrected chi connectivity index (χ2v) is 4.91. The minimum Gasteiger partial charge on any atom is -0.480 e. The number of nitrogens with two attached hydrogens (primary N) is 2. The zero-order valence-electron chi connectivity index (χ0n) is 10.4. The van der Waals surface area contributed by atoms with Gasteiger partial charge in [0.1, 0.15) is 5.54 Å². The van der Waals surface area contributed by atoms with Crippen molar-refractivity contribution in [2.45, 2.75) is 30.6 Å². The minimum atomic E-state index is -1.93. The van der Waals surface area contributed by atoms with E-state index < -0.39 is 29.2 Å². The van der Waals surface area contributed by atoms with Gasteiger partial charge < -0.3 is 15.9 Å². The van der Waals surface area contributed by atoms with Crippen molar-refractivity contribution in [2.24, 2.45) is 21.7 Å². The smallest absolute Gasteiger partial charge is 0.349 e. The van der Waals surface area contributed by atoms with E-state index in [0.29, 0.717) is 0 Å². The summed E-state index contributed by atoms with van der Waals surface area (Å²) in [4.78, 5) is 21.8. The van der Waals surface area contributed by atoms with E-state index in [1.807, 2.05) is 0 Å². The van der Waals surface area contributed by atoms with Crippen molar-refractivity contribution in [1.82, 2.24) is 0 Å². The lowest BCUT2D eigenvalue weighted by atomic mass is 9.95. The molecule has 6 N–H and O–H groups in total. The largest absolute Gasteiger partial charge is 0.480 e. The summed E-state index contributed by atoms with van der Waals surface area (Å²) in [5.41, 5.74) is 7.59. The summed E-state index contributed by atoms with van der Waals surface area (Å²) in [5, 5.41) is 25.0. The Kier molecular flexibility index (Phi) is 6.77. The quantitative estimate of drug-likeness (QED) is 0.265. The molecular weight excluding hydrogens is 292 g/mol. The van der Waals surface area contributed by atoms with Crippen molar-refractivity contribution >= 4 is 37.2 Å². The highest BCUT2D eigenvalue weighted by molar-refractivity contribution is 7.80. The number of rotatable bonds is 8. The zero-order chi connectivity index (χ0) is 15.3. The van der Waals surface area contributed by atoms with Crippen molar-refractivity contribution in [2.75, 3.05) is 11.5 Å². The molecule has 19 heavy (non-hydrogen) atoms. The first-order valence-corrected chi connectivity index (χ1v) is 6.56. The third-order valence-corrected chi connectivity index (χ3v) is 3.46. The van der Waals surface area contributed by atoms with E-state index in [-0.39, 0.29) is 17.9 Å². The molecule has 0 rings (SSSR count). The van der Waals surface area contributed by atoms with Crippen LogP contribution >= 0.6 is 25.3 Å². The van der Waals surface area contributed by atoms with Crippen LogP contribution in [-0.4, -0.2) is 50.9 Å². The van der Waals surface area contributed by atoms with Crippen molar-refractivity contribution < 1.29 is 19.8 Å². The van der Waals surface area contributed by atoms with Crippen LogP contribution in [0.5, 0.6) is 0 Å². The SMILES string of the molecule is CC(CC(N)(CS)C(=O)O)N=NC(N)(CS)C(=O)O. The summed E-state index contributed by atoms with van der Waals surface area (Å²) in [7, 11) is 0. The van der Waals surface area contributed by atoms with E-state index in [1.54, 1.807) is 6.92 Å². The van der Waals surface area contributed by atoms with Crippen LogP contribution in [0.4, 0.5) is 0 Å². The Morgan fingerprint density at radius 2 is 1.74 bits per heavy atom. The molecule has 0 amide bonds. The maximum Gasteiger partial charge on any atom is 0.349 e. The molecule has 0 spiro atoms. The number of carboxylic acids is 2. The number of nitrogens with zero attached hydrogens (tertiary/aromatic N) is 2. The van der Waals surface area contributed by atoms with Crippen molar-refractivity contribution in [3.05, 3.63) is 0 Å². The first-order valence-electron chi connectivity index (χ1n) is 5.29. The van der Waals surface area contributed by atoms with E-state index in [4.69, 9.17) is 21.7 Å². The standard InChI is InChI=1S/C9H18N4O4S2/c1-5(2-8(10,3-18)6(14)15)12-13-9(11,4-19)7(16)17/h5,18-19H,2-4,10-11H2,1H3,(H,14,15)(H,16,17). The second kappa shape index (κ2) is 7.08. The van der Waals surface area contributed by atoms with Gasteiger partial charge >= 0.3 is 11.9 Å². The lowest BCUT2D eigenvalue weighted by Gasteiger charge is -2.24. The van der Waals surface area contributed by atoms with Crippen LogP contribution in [0.2, 0.25) is 0 Å². The van der Waals surface area contributed by atoms with Gasteiger partial charge in [-0.15, -0.1) is 0 Å². The lowest BCUT2D eigenvalue weighted by molar-refractivity contribution is -0.143. The molecule has 3 unspecified atom stereocenters. The average Bonchev–Trinajstić information content (AvgIpc) is 2.35. The Hall–Kier alpha value is -0.840. The Morgan fingerprint density at radius 3 is 2.05 bits per heavy atom. The first-order chi connectivity index (χ1) is 8.61. The van der Waals surface area contributed by atoms with Gasteiger partial charge in [-0.1, -0.05) is 0 Å². The van der Waals surface area contributed by atoms with Crippen LogP contribution in [0, 0.1) is 0 Å². The molecule has 0 heterocycles. The number of carbonyl (C=O) groups is 2. The van der Waals surface area contributed by atoms with E-state index in [2.05, 4.69) is 35.5 Å². The van der Waals surface area contributed by atoms with Crippen LogP contribution in [0.3, 0.4) is 0 Å². The highest BCUT2D eigenvalue weighted by atomic mass is 32.1. The van der Waals surface area contributed by atoms with Crippen molar-refractivity contribution in [3.63, 3.8) is 0 Å². The van der Waals surface area contributed by atoms with Crippen molar-refractivity contribution in [1.29, 1.82) is 0 Å². The highest BCUT2D eigenvalue weighted by Crippen LogP contribution is 2.16. The number of azo groups is 1. The highest BCUT2D eigenvalue weighted by Gasteiger charge is 2.36. The fourth-order valence-corrected chi connectivity index (χ4v) is 1.59. The molecule has 0 saturated carbocycles. The maximum absolute atomic E-state index is 11.0. The number of aliphatic carboxylic acids is 2. The molecule has 8 nitrogen and oxygen atoms in total. The number of hydrogen-bond acceptors (Lipinski definition) is 8. The zero-order valence-corrected chi connectivity index (χ0v) is 12.1. The summed E-state index contributed by atoms with van der Waals surface area (Å²) < 4.78 is 0. The van der Waals surface area contributed by atoms with Gasteiger partial charge in [-0.2, -0.15) is 35.5 Å². The van der Waals surface area contributed by atoms with Gasteiger partial charge in [0.2, 0.25) is 5.66 Å². The van der Waals surface area contributed by atoms with Gasteiger partial charge in [0.05, 0.1) is 6.04 Å². The molecule has 0 aliphatic carbocycles. The number of thiol groups is 2. The van der Waals surface area contributed by atoms with E-state index >= 15 is 0 Å². The van der Waals surface area contributed by atoms with Crippen LogP contribution in [0.1, 0.15) is 13.3 Å².